The summed E-state index contributed by atoms with van der Waals surface area (Å²) >= 11 is 0. The molecule has 0 unspecified atom stereocenters. The second-order valence-corrected chi connectivity index (χ2v) is 7.20. The summed E-state index contributed by atoms with van der Waals surface area (Å²) in [6, 6.07) is 2.02. The molecular weight excluding hydrogens is 234 g/mol. The maximum Gasteiger partial charge on any atom is 0.165 e. The van der Waals surface area contributed by atoms with E-state index in [1.807, 2.05) is 6.07 Å². The average Bonchev–Trinajstić information content (AvgIpc) is 2.66. The van der Waals surface area contributed by atoms with Crippen LogP contribution in [0.3, 0.4) is 0 Å². The summed E-state index contributed by atoms with van der Waals surface area (Å²) in [5, 5.41) is 0. The molecule has 1 aliphatic rings. The molecule has 0 amide bonds. The van der Waals surface area contributed by atoms with E-state index in [4.69, 9.17) is 0 Å². The van der Waals surface area contributed by atoms with E-state index in [0.717, 1.165) is 24.4 Å². The van der Waals surface area contributed by atoms with Crippen molar-refractivity contribution in [2.24, 2.45) is 11.3 Å². The van der Waals surface area contributed by atoms with Gasteiger partial charge in [0, 0.05) is 30.4 Å². The Morgan fingerprint density at radius 1 is 1.26 bits per heavy atom. The highest BCUT2D eigenvalue weighted by Gasteiger charge is 2.32. The Hall–Kier alpha value is -1.05. The Balaban J connectivity index is 2.02. The van der Waals surface area contributed by atoms with Gasteiger partial charge in [0.05, 0.1) is 0 Å². The molecule has 0 saturated heterocycles. The van der Waals surface area contributed by atoms with E-state index < -0.39 is 0 Å². The van der Waals surface area contributed by atoms with Crippen molar-refractivity contribution in [1.82, 2.24) is 4.57 Å². The maximum absolute atomic E-state index is 12.1. The first-order valence-corrected chi connectivity index (χ1v) is 7.60. The number of carbonyl (C=O) groups excluding carboxylic acids is 1. The fourth-order valence-electron chi connectivity index (χ4n) is 3.05. The third kappa shape index (κ3) is 3.49. The largest absolute Gasteiger partial charge is 0.351 e. The number of carbonyl (C=O) groups is 1. The first-order valence-electron chi connectivity index (χ1n) is 7.60. The quantitative estimate of drug-likeness (QED) is 0.717. The average molecular weight is 261 g/mol. The molecule has 0 atom stereocenters. The van der Waals surface area contributed by atoms with Crippen LogP contribution in [0.2, 0.25) is 0 Å². The summed E-state index contributed by atoms with van der Waals surface area (Å²) in [6.45, 7) is 10.0. The number of hydrogen-bond donors (Lipinski definition) is 0. The fourth-order valence-corrected chi connectivity index (χ4v) is 3.05. The summed E-state index contributed by atoms with van der Waals surface area (Å²) in [7, 11) is 0. The van der Waals surface area contributed by atoms with Gasteiger partial charge in [-0.2, -0.15) is 0 Å². The van der Waals surface area contributed by atoms with Gasteiger partial charge in [-0.05, 0) is 30.2 Å². The van der Waals surface area contributed by atoms with Crippen molar-refractivity contribution in [3.63, 3.8) is 0 Å². The van der Waals surface area contributed by atoms with Gasteiger partial charge in [-0.25, -0.2) is 0 Å². The molecule has 1 aromatic heterocycles. The number of rotatable bonds is 5. The minimum Gasteiger partial charge on any atom is -0.351 e. The van der Waals surface area contributed by atoms with Crippen LogP contribution in [0.25, 0.3) is 0 Å². The molecule has 0 fully saturated rings. The Bertz CT molecular complexity index is 454. The molecule has 2 nitrogen and oxygen atoms in total. The number of ketones is 1. The van der Waals surface area contributed by atoms with Gasteiger partial charge in [0.1, 0.15) is 0 Å². The van der Waals surface area contributed by atoms with Gasteiger partial charge in [-0.3, -0.25) is 4.79 Å². The van der Waals surface area contributed by atoms with Gasteiger partial charge in [-0.15, -0.1) is 0 Å². The minimum atomic E-state index is 0.123. The van der Waals surface area contributed by atoms with Crippen molar-refractivity contribution < 1.29 is 4.79 Å². The van der Waals surface area contributed by atoms with Crippen molar-refractivity contribution in [2.75, 3.05) is 0 Å². The zero-order valence-electron chi connectivity index (χ0n) is 12.8. The van der Waals surface area contributed by atoms with E-state index in [-0.39, 0.29) is 5.41 Å². The Kier molecular flexibility index (Phi) is 4.17. The summed E-state index contributed by atoms with van der Waals surface area (Å²) in [5.41, 5.74) is 2.37. The number of unbranched alkanes of at least 4 members (excludes halogenated alkanes) is 1. The van der Waals surface area contributed by atoms with Gasteiger partial charge in [0.25, 0.3) is 0 Å². The first kappa shape index (κ1) is 14.4. The van der Waals surface area contributed by atoms with Crippen molar-refractivity contribution in [3.8, 4) is 0 Å². The topological polar surface area (TPSA) is 22.0 Å². The molecule has 0 aliphatic heterocycles. The van der Waals surface area contributed by atoms with Crippen LogP contribution in [-0.2, 0) is 13.0 Å². The summed E-state index contributed by atoms with van der Waals surface area (Å²) in [4.78, 5) is 12.1. The number of aryl methyl sites for hydroxylation is 1. The normalized spacial score (nSPS) is 17.8. The van der Waals surface area contributed by atoms with Crippen molar-refractivity contribution >= 4 is 5.78 Å². The van der Waals surface area contributed by atoms with E-state index >= 15 is 0 Å². The fraction of sp³-hybridized carbons (Fsp3) is 0.706. The lowest BCUT2D eigenvalue weighted by molar-refractivity contribution is 0.0910. The molecule has 1 aliphatic carbocycles. The molecule has 1 heterocycles. The summed E-state index contributed by atoms with van der Waals surface area (Å²) < 4.78 is 2.31. The number of hydrogen-bond acceptors (Lipinski definition) is 1. The van der Waals surface area contributed by atoms with E-state index in [1.54, 1.807) is 0 Å². The second kappa shape index (κ2) is 5.52. The zero-order valence-corrected chi connectivity index (χ0v) is 12.8. The lowest BCUT2D eigenvalue weighted by atomic mass is 9.76. The number of aromatic nitrogens is 1. The van der Waals surface area contributed by atoms with Crippen LogP contribution < -0.4 is 0 Å². The monoisotopic (exact) mass is 261 g/mol. The smallest absolute Gasteiger partial charge is 0.165 e. The van der Waals surface area contributed by atoms with Crippen molar-refractivity contribution in [3.05, 3.63) is 23.5 Å². The van der Waals surface area contributed by atoms with Crippen LogP contribution in [0.4, 0.5) is 0 Å². The molecule has 0 radical (unpaired) electrons. The number of Topliss-reactive ketones (excluding diaryl/α,β-unsaturated/α-hetero) is 1. The molecule has 0 saturated carbocycles. The highest BCUT2D eigenvalue weighted by molar-refractivity contribution is 5.98. The van der Waals surface area contributed by atoms with Gasteiger partial charge in [0.15, 0.2) is 5.78 Å². The van der Waals surface area contributed by atoms with E-state index in [9.17, 15) is 4.79 Å². The van der Waals surface area contributed by atoms with E-state index in [1.165, 1.54) is 25.0 Å². The molecule has 0 bridgehead atoms. The van der Waals surface area contributed by atoms with Gasteiger partial charge < -0.3 is 4.57 Å². The molecule has 106 valence electrons. The second-order valence-electron chi connectivity index (χ2n) is 7.20. The highest BCUT2D eigenvalue weighted by Crippen LogP contribution is 2.35. The molecule has 19 heavy (non-hydrogen) atoms. The molecule has 2 rings (SSSR count). The lowest BCUT2D eigenvalue weighted by Crippen LogP contribution is -2.28. The number of fused-ring (bicyclic) bond motifs is 1. The van der Waals surface area contributed by atoms with Gasteiger partial charge in [0.2, 0.25) is 0 Å². The maximum atomic E-state index is 12.1. The Morgan fingerprint density at radius 3 is 2.68 bits per heavy atom. The molecule has 0 aromatic carbocycles. The third-order valence-electron chi connectivity index (χ3n) is 4.09. The highest BCUT2D eigenvalue weighted by atomic mass is 16.1. The standard InChI is InChI=1S/C17H27NO/c1-13(2)7-5-6-9-18-10-8-14-15(18)11-17(3,4)12-16(14)19/h8,10,13H,5-7,9,11-12H2,1-4H3. The SMILES string of the molecule is CC(C)CCCCn1ccc2c1CC(C)(C)CC2=O. The first-order chi connectivity index (χ1) is 8.89. The Morgan fingerprint density at radius 2 is 2.00 bits per heavy atom. The van der Waals surface area contributed by atoms with Crippen LogP contribution in [0.5, 0.6) is 0 Å². The number of nitrogens with zero attached hydrogens (tertiary/aromatic N) is 1. The van der Waals surface area contributed by atoms with Crippen LogP contribution in [0.15, 0.2) is 12.3 Å². The lowest BCUT2D eigenvalue weighted by Gasteiger charge is -2.29. The molecular formula is C17H27NO. The molecule has 0 N–H and O–H groups in total. The molecule has 0 spiro atoms. The Labute approximate surface area is 117 Å². The van der Waals surface area contributed by atoms with Gasteiger partial charge in [-0.1, -0.05) is 40.5 Å². The summed E-state index contributed by atoms with van der Waals surface area (Å²) in [5.74, 6) is 1.12. The van der Waals surface area contributed by atoms with E-state index in [2.05, 4.69) is 38.5 Å². The van der Waals surface area contributed by atoms with Crippen molar-refractivity contribution in [2.45, 2.75) is 66.3 Å². The van der Waals surface area contributed by atoms with E-state index in [0.29, 0.717) is 12.2 Å². The van der Waals surface area contributed by atoms with Crippen molar-refractivity contribution in [1.29, 1.82) is 0 Å². The predicted octanol–water partition coefficient (Wildman–Crippen LogP) is 4.47. The van der Waals surface area contributed by atoms with Crippen LogP contribution >= 0.6 is 0 Å². The van der Waals surface area contributed by atoms with Gasteiger partial charge >= 0.3 is 0 Å². The van der Waals surface area contributed by atoms with Crippen LogP contribution in [0.1, 0.15) is 69.4 Å². The predicted molar refractivity (Wildman–Crippen MR) is 79.6 cm³/mol. The third-order valence-corrected chi connectivity index (χ3v) is 4.09. The van der Waals surface area contributed by atoms with Crippen LogP contribution in [0, 0.1) is 11.3 Å². The summed E-state index contributed by atoms with van der Waals surface area (Å²) in [6.07, 6.45) is 7.63. The minimum absolute atomic E-state index is 0.123. The molecule has 2 heteroatoms. The molecule has 1 aromatic rings. The van der Waals surface area contributed by atoms with Crippen LogP contribution in [-0.4, -0.2) is 10.4 Å². The zero-order chi connectivity index (χ0) is 14.0.